The van der Waals surface area contributed by atoms with E-state index >= 15 is 0 Å². The smallest absolute Gasteiger partial charge is 0.226 e. The first-order valence-corrected chi connectivity index (χ1v) is 5.82. The first-order valence-electron chi connectivity index (χ1n) is 5.44. The summed E-state index contributed by atoms with van der Waals surface area (Å²) < 4.78 is 0. The van der Waals surface area contributed by atoms with Crippen LogP contribution in [-0.2, 0) is 4.79 Å². The molecule has 1 aliphatic rings. The molecule has 3 nitrogen and oxygen atoms in total. The predicted octanol–water partition coefficient (Wildman–Crippen LogP) is 1.61. The molecule has 1 aromatic rings. The highest BCUT2D eigenvalue weighted by atomic mass is 35.5. The minimum Gasteiger partial charge on any atom is -0.369 e. The molecule has 4 heteroatoms. The highest BCUT2D eigenvalue weighted by molar-refractivity contribution is 6.30. The van der Waals surface area contributed by atoms with Crippen molar-refractivity contribution >= 4 is 17.5 Å². The van der Waals surface area contributed by atoms with E-state index in [1.54, 1.807) is 12.1 Å². The molecule has 1 fully saturated rings. The summed E-state index contributed by atoms with van der Waals surface area (Å²) in [5.74, 6) is -0.494. The maximum absolute atomic E-state index is 11.4. The van der Waals surface area contributed by atoms with Crippen molar-refractivity contribution in [2.75, 3.05) is 19.6 Å². The van der Waals surface area contributed by atoms with E-state index in [0.29, 0.717) is 5.02 Å². The lowest BCUT2D eigenvalue weighted by Gasteiger charge is -2.33. The molecule has 1 atom stereocenters. The number of carbonyl (C=O) groups is 1. The van der Waals surface area contributed by atoms with Gasteiger partial charge in [-0.3, -0.25) is 4.79 Å². The Labute approximate surface area is 100 Å². The number of hydrogen-bond donors (Lipinski definition) is 1. The molecule has 0 aromatic heterocycles. The Bertz CT molecular complexity index is 373. The van der Waals surface area contributed by atoms with Crippen LogP contribution < -0.4 is 5.73 Å². The molecule has 86 valence electrons. The van der Waals surface area contributed by atoms with Crippen LogP contribution in [0.3, 0.4) is 0 Å². The Kier molecular flexibility index (Phi) is 3.46. The van der Waals surface area contributed by atoms with Gasteiger partial charge in [-0.05, 0) is 37.2 Å². The summed E-state index contributed by atoms with van der Waals surface area (Å²) >= 11 is 5.81. The SMILES string of the molecule is NC(=O)[C@@H](CN1CCC1)c1ccc(Cl)cc1. The van der Waals surface area contributed by atoms with Gasteiger partial charge in [0.1, 0.15) is 0 Å². The van der Waals surface area contributed by atoms with Crippen LogP contribution >= 0.6 is 11.6 Å². The van der Waals surface area contributed by atoms with Crippen molar-refractivity contribution in [1.82, 2.24) is 4.90 Å². The summed E-state index contributed by atoms with van der Waals surface area (Å²) in [6, 6.07) is 7.33. The second-order valence-electron chi connectivity index (χ2n) is 4.16. The zero-order valence-electron chi connectivity index (χ0n) is 9.03. The summed E-state index contributed by atoms with van der Waals surface area (Å²) in [6.45, 7) is 2.85. The first kappa shape index (κ1) is 11.4. The molecular formula is C12H15ClN2O. The minimum atomic E-state index is -0.269. The van der Waals surface area contributed by atoms with E-state index in [1.165, 1.54) is 6.42 Å². The van der Waals surface area contributed by atoms with Crippen LogP contribution in [0.4, 0.5) is 0 Å². The number of nitrogens with zero attached hydrogens (tertiary/aromatic N) is 1. The lowest BCUT2D eigenvalue weighted by molar-refractivity contribution is -0.120. The van der Waals surface area contributed by atoms with Gasteiger partial charge in [0.15, 0.2) is 0 Å². The van der Waals surface area contributed by atoms with E-state index in [4.69, 9.17) is 17.3 Å². The molecule has 0 unspecified atom stereocenters. The second kappa shape index (κ2) is 4.85. The van der Waals surface area contributed by atoms with Gasteiger partial charge in [-0.15, -0.1) is 0 Å². The number of benzene rings is 1. The van der Waals surface area contributed by atoms with Crippen molar-refractivity contribution in [2.45, 2.75) is 12.3 Å². The summed E-state index contributed by atoms with van der Waals surface area (Å²) in [5, 5.41) is 0.677. The summed E-state index contributed by atoms with van der Waals surface area (Å²) in [4.78, 5) is 13.7. The van der Waals surface area contributed by atoms with Crippen molar-refractivity contribution in [3.63, 3.8) is 0 Å². The average Bonchev–Trinajstić information content (AvgIpc) is 2.18. The standard InChI is InChI=1S/C12H15ClN2O/c13-10-4-2-9(3-5-10)11(12(14)16)8-15-6-1-7-15/h2-5,11H,1,6-8H2,(H2,14,16)/t11-/m0/s1. The summed E-state index contributed by atoms with van der Waals surface area (Å²) in [5.41, 5.74) is 6.38. The third kappa shape index (κ3) is 2.54. The van der Waals surface area contributed by atoms with Gasteiger partial charge in [0.25, 0.3) is 0 Å². The van der Waals surface area contributed by atoms with Gasteiger partial charge in [0.2, 0.25) is 5.91 Å². The Hall–Kier alpha value is -1.06. The van der Waals surface area contributed by atoms with Crippen LogP contribution in [0.25, 0.3) is 0 Å². The monoisotopic (exact) mass is 238 g/mol. The van der Waals surface area contributed by atoms with Crippen LogP contribution in [0.5, 0.6) is 0 Å². The van der Waals surface area contributed by atoms with E-state index in [-0.39, 0.29) is 11.8 Å². The zero-order chi connectivity index (χ0) is 11.5. The number of hydrogen-bond acceptors (Lipinski definition) is 2. The van der Waals surface area contributed by atoms with Crippen molar-refractivity contribution in [3.05, 3.63) is 34.9 Å². The van der Waals surface area contributed by atoms with Gasteiger partial charge in [-0.25, -0.2) is 0 Å². The van der Waals surface area contributed by atoms with Crippen molar-refractivity contribution in [2.24, 2.45) is 5.73 Å². The number of rotatable bonds is 4. The molecule has 1 heterocycles. The van der Waals surface area contributed by atoms with E-state index in [9.17, 15) is 4.79 Å². The lowest BCUT2D eigenvalue weighted by atomic mass is 9.96. The normalized spacial score (nSPS) is 17.8. The molecule has 0 bridgehead atoms. The van der Waals surface area contributed by atoms with Gasteiger partial charge in [-0.1, -0.05) is 23.7 Å². The van der Waals surface area contributed by atoms with Gasteiger partial charge in [0.05, 0.1) is 5.92 Å². The van der Waals surface area contributed by atoms with E-state index < -0.39 is 0 Å². The molecule has 16 heavy (non-hydrogen) atoms. The molecular weight excluding hydrogens is 224 g/mol. The molecule has 0 saturated carbocycles. The van der Waals surface area contributed by atoms with E-state index in [1.807, 2.05) is 12.1 Å². The number of halogens is 1. The third-order valence-electron chi connectivity index (χ3n) is 3.01. The number of amides is 1. The summed E-state index contributed by atoms with van der Waals surface area (Å²) in [7, 11) is 0. The van der Waals surface area contributed by atoms with Crippen LogP contribution in [0.15, 0.2) is 24.3 Å². The minimum absolute atomic E-state index is 0.224. The van der Waals surface area contributed by atoms with Crippen molar-refractivity contribution in [3.8, 4) is 0 Å². The highest BCUT2D eigenvalue weighted by Crippen LogP contribution is 2.21. The van der Waals surface area contributed by atoms with E-state index in [2.05, 4.69) is 4.90 Å². The maximum Gasteiger partial charge on any atom is 0.226 e. The molecule has 0 radical (unpaired) electrons. The Morgan fingerprint density at radius 2 is 2.00 bits per heavy atom. The Morgan fingerprint density at radius 1 is 1.38 bits per heavy atom. The zero-order valence-corrected chi connectivity index (χ0v) is 9.78. The Balaban J connectivity index is 2.11. The van der Waals surface area contributed by atoms with Crippen LogP contribution in [0, 0.1) is 0 Å². The highest BCUT2D eigenvalue weighted by Gasteiger charge is 2.24. The third-order valence-corrected chi connectivity index (χ3v) is 3.26. The van der Waals surface area contributed by atoms with Crippen LogP contribution in [-0.4, -0.2) is 30.4 Å². The first-order chi connectivity index (χ1) is 7.66. The molecule has 1 aromatic carbocycles. The van der Waals surface area contributed by atoms with Gasteiger partial charge >= 0.3 is 0 Å². The predicted molar refractivity (Wildman–Crippen MR) is 64.4 cm³/mol. The maximum atomic E-state index is 11.4. The van der Waals surface area contributed by atoms with Gasteiger partial charge in [-0.2, -0.15) is 0 Å². The largest absolute Gasteiger partial charge is 0.369 e. The molecule has 2 rings (SSSR count). The Morgan fingerprint density at radius 3 is 2.44 bits per heavy atom. The number of likely N-dealkylation sites (tertiary alicyclic amines) is 1. The fourth-order valence-corrected chi connectivity index (χ4v) is 2.00. The quantitative estimate of drug-likeness (QED) is 0.867. The second-order valence-corrected chi connectivity index (χ2v) is 4.60. The van der Waals surface area contributed by atoms with Crippen molar-refractivity contribution < 1.29 is 4.79 Å². The van der Waals surface area contributed by atoms with Crippen molar-refractivity contribution in [1.29, 1.82) is 0 Å². The van der Waals surface area contributed by atoms with Crippen LogP contribution in [0.2, 0.25) is 5.02 Å². The fourth-order valence-electron chi connectivity index (χ4n) is 1.88. The average molecular weight is 239 g/mol. The van der Waals surface area contributed by atoms with Gasteiger partial charge < -0.3 is 10.6 Å². The number of nitrogens with two attached hydrogens (primary N) is 1. The summed E-state index contributed by atoms with van der Waals surface area (Å²) in [6.07, 6.45) is 1.21. The number of primary amides is 1. The molecule has 0 spiro atoms. The lowest BCUT2D eigenvalue weighted by Crippen LogP contribution is -2.42. The molecule has 2 N–H and O–H groups in total. The molecule has 0 aliphatic carbocycles. The number of carbonyl (C=O) groups excluding carboxylic acids is 1. The van der Waals surface area contributed by atoms with Crippen LogP contribution in [0.1, 0.15) is 17.9 Å². The fraction of sp³-hybridized carbons (Fsp3) is 0.417. The molecule has 1 amide bonds. The molecule has 1 saturated heterocycles. The molecule has 1 aliphatic heterocycles. The van der Waals surface area contributed by atoms with E-state index in [0.717, 1.165) is 25.2 Å². The topological polar surface area (TPSA) is 46.3 Å². The van der Waals surface area contributed by atoms with Gasteiger partial charge in [0, 0.05) is 11.6 Å².